The number of alkyl halides is 3. The first kappa shape index (κ1) is 11.2. The summed E-state index contributed by atoms with van der Waals surface area (Å²) in [6, 6.07) is 1.76. The van der Waals surface area contributed by atoms with E-state index in [0.29, 0.717) is 12.2 Å². The lowest BCUT2D eigenvalue weighted by Crippen LogP contribution is -2.06. The fourth-order valence-corrected chi connectivity index (χ4v) is 1.54. The van der Waals surface area contributed by atoms with Gasteiger partial charge in [0.15, 0.2) is 11.5 Å². The molecule has 0 N–H and O–H groups in total. The molecule has 2 aromatic rings. The molecular weight excluding hydrogens is 243 g/mol. The zero-order chi connectivity index (χ0) is 11.9. The van der Waals surface area contributed by atoms with Crippen LogP contribution in [0.25, 0.3) is 5.65 Å². The normalized spacial score (nSPS) is 12.3. The molecule has 0 aliphatic heterocycles. The highest BCUT2D eigenvalue weighted by Crippen LogP contribution is 2.31. The van der Waals surface area contributed by atoms with Gasteiger partial charge in [-0.15, -0.1) is 5.10 Å². The topological polar surface area (TPSA) is 30.2 Å². The van der Waals surface area contributed by atoms with Crippen LogP contribution in [-0.2, 0) is 12.6 Å². The van der Waals surface area contributed by atoms with E-state index in [0.717, 1.165) is 12.1 Å². The van der Waals surface area contributed by atoms with Gasteiger partial charge in [0.2, 0.25) is 0 Å². The molecule has 86 valence electrons. The molecule has 0 aliphatic carbocycles. The lowest BCUT2D eigenvalue weighted by molar-refractivity contribution is -0.137. The molecule has 0 aromatic carbocycles. The summed E-state index contributed by atoms with van der Waals surface area (Å²) in [5, 5.41) is 3.86. The summed E-state index contributed by atoms with van der Waals surface area (Å²) in [6.45, 7) is 1.81. The van der Waals surface area contributed by atoms with Crippen molar-refractivity contribution in [1.29, 1.82) is 0 Å². The van der Waals surface area contributed by atoms with Gasteiger partial charge in [0.05, 0.1) is 5.56 Å². The number of aromatic nitrogens is 3. The molecule has 0 spiro atoms. The van der Waals surface area contributed by atoms with E-state index in [1.807, 2.05) is 6.92 Å². The van der Waals surface area contributed by atoms with E-state index in [4.69, 9.17) is 11.6 Å². The van der Waals surface area contributed by atoms with Crippen molar-refractivity contribution in [3.63, 3.8) is 0 Å². The van der Waals surface area contributed by atoms with Crippen molar-refractivity contribution in [2.45, 2.75) is 19.5 Å². The molecule has 0 bridgehead atoms. The number of rotatable bonds is 1. The lowest BCUT2D eigenvalue weighted by atomic mass is 10.2. The Morgan fingerprint density at radius 2 is 2.06 bits per heavy atom. The fraction of sp³-hybridized carbons (Fsp3) is 0.333. The van der Waals surface area contributed by atoms with Gasteiger partial charge in [0.25, 0.3) is 0 Å². The van der Waals surface area contributed by atoms with Gasteiger partial charge in [-0.3, -0.25) is 0 Å². The Morgan fingerprint density at radius 3 is 2.62 bits per heavy atom. The van der Waals surface area contributed by atoms with Gasteiger partial charge < -0.3 is 0 Å². The van der Waals surface area contributed by atoms with E-state index in [2.05, 4.69) is 10.1 Å². The highest BCUT2D eigenvalue weighted by atomic mass is 35.5. The number of hydrogen-bond acceptors (Lipinski definition) is 2. The van der Waals surface area contributed by atoms with Crippen LogP contribution in [-0.4, -0.2) is 14.6 Å². The summed E-state index contributed by atoms with van der Waals surface area (Å²) >= 11 is 5.70. The van der Waals surface area contributed by atoms with Crippen molar-refractivity contribution in [3.8, 4) is 0 Å². The predicted octanol–water partition coefficient (Wildman–Crippen LogP) is 2.96. The van der Waals surface area contributed by atoms with Gasteiger partial charge in [0.1, 0.15) is 5.15 Å². The molecule has 0 fully saturated rings. The Labute approximate surface area is 93.9 Å². The monoisotopic (exact) mass is 249 g/mol. The van der Waals surface area contributed by atoms with Crippen molar-refractivity contribution in [2.24, 2.45) is 0 Å². The number of hydrogen-bond donors (Lipinski definition) is 0. The smallest absolute Gasteiger partial charge is 0.212 e. The molecule has 0 amide bonds. The molecule has 2 heterocycles. The Hall–Kier alpha value is -1.30. The number of pyridine rings is 1. The average molecular weight is 250 g/mol. The van der Waals surface area contributed by atoms with E-state index < -0.39 is 11.7 Å². The van der Waals surface area contributed by atoms with Crippen LogP contribution in [0, 0.1) is 0 Å². The molecule has 0 saturated carbocycles. The number of nitrogens with zero attached hydrogens (tertiary/aromatic N) is 3. The van der Waals surface area contributed by atoms with Crippen molar-refractivity contribution in [1.82, 2.24) is 14.6 Å². The summed E-state index contributed by atoms with van der Waals surface area (Å²) in [5.41, 5.74) is -0.711. The predicted molar refractivity (Wildman–Crippen MR) is 52.4 cm³/mol. The Kier molecular flexibility index (Phi) is 2.53. The lowest BCUT2D eigenvalue weighted by Gasteiger charge is -2.06. The highest BCUT2D eigenvalue weighted by Gasteiger charge is 2.31. The van der Waals surface area contributed by atoms with Crippen molar-refractivity contribution in [2.75, 3.05) is 0 Å². The van der Waals surface area contributed by atoms with Gasteiger partial charge in [0, 0.05) is 6.42 Å². The van der Waals surface area contributed by atoms with Gasteiger partial charge in [-0.1, -0.05) is 18.5 Å². The minimum absolute atomic E-state index is 0.1000. The quantitative estimate of drug-likeness (QED) is 0.728. The van der Waals surface area contributed by atoms with Crippen LogP contribution in [0.2, 0.25) is 5.15 Å². The van der Waals surface area contributed by atoms with Crippen molar-refractivity contribution >= 4 is 17.2 Å². The van der Waals surface area contributed by atoms with Crippen LogP contribution < -0.4 is 0 Å². The van der Waals surface area contributed by atoms with Crippen LogP contribution >= 0.6 is 11.6 Å². The molecule has 0 atom stereocenters. The Balaban J connectivity index is 2.67. The minimum Gasteiger partial charge on any atom is -0.212 e. The highest BCUT2D eigenvalue weighted by molar-refractivity contribution is 6.29. The summed E-state index contributed by atoms with van der Waals surface area (Å²) in [7, 11) is 0. The van der Waals surface area contributed by atoms with E-state index >= 15 is 0 Å². The van der Waals surface area contributed by atoms with E-state index in [1.165, 1.54) is 4.52 Å². The maximum atomic E-state index is 12.5. The second kappa shape index (κ2) is 3.62. The van der Waals surface area contributed by atoms with Crippen LogP contribution in [0.15, 0.2) is 12.1 Å². The van der Waals surface area contributed by atoms with Gasteiger partial charge in [-0.05, 0) is 12.1 Å². The standard InChI is InChI=1S/C9H7ClF3N3/c1-2-7-14-8-4-5(9(11,12)13)3-6(10)16(8)15-7/h3-4H,2H2,1H3. The van der Waals surface area contributed by atoms with Crippen LogP contribution in [0.5, 0.6) is 0 Å². The maximum absolute atomic E-state index is 12.5. The molecule has 0 saturated heterocycles. The molecule has 0 unspecified atom stereocenters. The minimum atomic E-state index is -4.43. The zero-order valence-corrected chi connectivity index (χ0v) is 8.97. The van der Waals surface area contributed by atoms with Gasteiger partial charge >= 0.3 is 6.18 Å². The first-order valence-corrected chi connectivity index (χ1v) is 4.92. The first-order chi connectivity index (χ1) is 7.41. The third-order valence-electron chi connectivity index (χ3n) is 2.08. The Morgan fingerprint density at radius 1 is 1.38 bits per heavy atom. The molecule has 16 heavy (non-hydrogen) atoms. The summed E-state index contributed by atoms with van der Waals surface area (Å²) in [4.78, 5) is 3.93. The second-order valence-electron chi connectivity index (χ2n) is 3.22. The molecular formula is C9H7ClF3N3. The molecule has 7 heteroatoms. The second-order valence-corrected chi connectivity index (χ2v) is 3.60. The molecule has 0 aliphatic rings. The molecule has 0 radical (unpaired) electrons. The molecule has 2 rings (SSSR count). The van der Waals surface area contributed by atoms with Crippen LogP contribution in [0.3, 0.4) is 0 Å². The van der Waals surface area contributed by atoms with E-state index in [9.17, 15) is 13.2 Å². The third kappa shape index (κ3) is 1.84. The number of halogens is 4. The van der Waals surface area contributed by atoms with E-state index in [1.54, 1.807) is 0 Å². The average Bonchev–Trinajstić information content (AvgIpc) is 2.59. The zero-order valence-electron chi connectivity index (χ0n) is 8.22. The van der Waals surface area contributed by atoms with Crippen LogP contribution in [0.1, 0.15) is 18.3 Å². The van der Waals surface area contributed by atoms with Crippen LogP contribution in [0.4, 0.5) is 13.2 Å². The molecule has 3 nitrogen and oxygen atoms in total. The maximum Gasteiger partial charge on any atom is 0.416 e. The first-order valence-electron chi connectivity index (χ1n) is 4.54. The summed E-state index contributed by atoms with van der Waals surface area (Å²) in [6.07, 6.45) is -3.89. The molecule has 2 aromatic heterocycles. The SMILES string of the molecule is CCc1nc2cc(C(F)(F)F)cc(Cl)n2n1. The van der Waals surface area contributed by atoms with E-state index in [-0.39, 0.29) is 10.8 Å². The third-order valence-corrected chi connectivity index (χ3v) is 2.35. The van der Waals surface area contributed by atoms with Crippen molar-refractivity contribution < 1.29 is 13.2 Å². The summed E-state index contributed by atoms with van der Waals surface area (Å²) in [5.74, 6) is 0.459. The van der Waals surface area contributed by atoms with Gasteiger partial charge in [-0.2, -0.15) is 13.2 Å². The Bertz CT molecular complexity index is 533. The number of fused-ring (bicyclic) bond motifs is 1. The van der Waals surface area contributed by atoms with Gasteiger partial charge in [-0.25, -0.2) is 9.50 Å². The van der Waals surface area contributed by atoms with Crippen molar-refractivity contribution in [3.05, 3.63) is 28.7 Å². The number of aryl methyl sites for hydroxylation is 1. The largest absolute Gasteiger partial charge is 0.416 e. The fourth-order valence-electron chi connectivity index (χ4n) is 1.30. The summed E-state index contributed by atoms with van der Waals surface area (Å²) < 4.78 is 38.6.